The maximum atomic E-state index is 13.3. The van der Waals surface area contributed by atoms with Crippen molar-refractivity contribution in [3.8, 4) is 5.75 Å². The zero-order valence-electron chi connectivity index (χ0n) is 9.71. The Morgan fingerprint density at radius 3 is 2.50 bits per heavy atom. The van der Waals surface area contributed by atoms with E-state index in [4.69, 9.17) is 16.3 Å². The molecule has 18 heavy (non-hydrogen) atoms. The van der Waals surface area contributed by atoms with Crippen LogP contribution in [0.5, 0.6) is 5.75 Å². The van der Waals surface area contributed by atoms with Crippen molar-refractivity contribution in [2.75, 3.05) is 0 Å². The second-order valence-electron chi connectivity index (χ2n) is 3.95. The summed E-state index contributed by atoms with van der Waals surface area (Å²) in [4.78, 5) is 0. The molecule has 1 nitrogen and oxygen atoms in total. The molecule has 94 valence electrons. The van der Waals surface area contributed by atoms with Gasteiger partial charge in [-0.15, -0.1) is 0 Å². The van der Waals surface area contributed by atoms with Gasteiger partial charge in [0, 0.05) is 6.07 Å². The number of ether oxygens (including phenoxy) is 1. The summed E-state index contributed by atoms with van der Waals surface area (Å²) in [7, 11) is 0. The normalized spacial score (nSPS) is 10.4. The predicted octanol–water partition coefficient (Wildman–Crippen LogP) is 4.51. The molecule has 0 radical (unpaired) electrons. The first-order chi connectivity index (χ1) is 8.56. The van der Waals surface area contributed by atoms with Crippen molar-refractivity contribution in [3.63, 3.8) is 0 Å². The Labute approximate surface area is 109 Å². The summed E-state index contributed by atoms with van der Waals surface area (Å²) in [5.74, 6) is -0.356. The van der Waals surface area contributed by atoms with Crippen molar-refractivity contribution < 1.29 is 13.5 Å². The van der Waals surface area contributed by atoms with E-state index in [0.29, 0.717) is 11.3 Å². The van der Waals surface area contributed by atoms with Gasteiger partial charge < -0.3 is 4.74 Å². The number of hydrogen-bond acceptors (Lipinski definition) is 1. The summed E-state index contributed by atoms with van der Waals surface area (Å²) in [5, 5.41) is 0.0474. The smallest absolute Gasteiger partial charge is 0.141 e. The van der Waals surface area contributed by atoms with E-state index in [1.54, 1.807) is 25.1 Å². The standard InChI is InChI=1S/C14H11ClF2O/c1-9-2-4-11(7-14(9)17)18-8-10-3-5-13(16)12(15)6-10/h2-7H,8H2,1H3. The van der Waals surface area contributed by atoms with Gasteiger partial charge in [-0.25, -0.2) is 8.78 Å². The molecule has 0 N–H and O–H groups in total. The number of hydrogen-bond donors (Lipinski definition) is 0. The molecular weight excluding hydrogens is 258 g/mol. The first-order valence-electron chi connectivity index (χ1n) is 5.39. The molecule has 2 aromatic carbocycles. The zero-order chi connectivity index (χ0) is 13.1. The lowest BCUT2D eigenvalue weighted by molar-refractivity contribution is 0.304. The van der Waals surface area contributed by atoms with Crippen molar-refractivity contribution in [1.82, 2.24) is 0 Å². The Morgan fingerprint density at radius 1 is 1.06 bits per heavy atom. The van der Waals surface area contributed by atoms with Crippen LogP contribution in [0.2, 0.25) is 5.02 Å². The molecule has 0 atom stereocenters. The monoisotopic (exact) mass is 268 g/mol. The van der Waals surface area contributed by atoms with Crippen LogP contribution in [0.1, 0.15) is 11.1 Å². The van der Waals surface area contributed by atoms with E-state index in [-0.39, 0.29) is 17.4 Å². The van der Waals surface area contributed by atoms with Crippen LogP contribution in [-0.4, -0.2) is 0 Å². The van der Waals surface area contributed by atoms with Gasteiger partial charge in [0.15, 0.2) is 0 Å². The molecule has 0 aliphatic heterocycles. The maximum Gasteiger partial charge on any atom is 0.141 e. The van der Waals surface area contributed by atoms with Crippen LogP contribution < -0.4 is 4.74 Å². The van der Waals surface area contributed by atoms with Crippen LogP contribution in [-0.2, 0) is 6.61 Å². The zero-order valence-corrected chi connectivity index (χ0v) is 10.5. The highest BCUT2D eigenvalue weighted by Gasteiger charge is 2.03. The Kier molecular flexibility index (Phi) is 3.82. The van der Waals surface area contributed by atoms with Gasteiger partial charge in [-0.2, -0.15) is 0 Å². The van der Waals surface area contributed by atoms with Gasteiger partial charge in [-0.05, 0) is 36.2 Å². The lowest BCUT2D eigenvalue weighted by Gasteiger charge is -2.07. The summed E-state index contributed by atoms with van der Waals surface area (Å²) in [6.45, 7) is 1.89. The minimum absolute atomic E-state index is 0.0474. The fourth-order valence-corrected chi connectivity index (χ4v) is 1.66. The van der Waals surface area contributed by atoms with Crippen LogP contribution >= 0.6 is 11.6 Å². The van der Waals surface area contributed by atoms with Crippen molar-refractivity contribution in [1.29, 1.82) is 0 Å². The summed E-state index contributed by atoms with van der Waals surface area (Å²) in [5.41, 5.74) is 1.29. The third-order valence-corrected chi connectivity index (χ3v) is 2.82. The molecule has 4 heteroatoms. The van der Waals surface area contributed by atoms with Crippen LogP contribution in [0.15, 0.2) is 36.4 Å². The molecule has 0 heterocycles. The van der Waals surface area contributed by atoms with Gasteiger partial charge in [0.1, 0.15) is 24.0 Å². The minimum atomic E-state index is -0.471. The summed E-state index contributed by atoms with van der Waals surface area (Å²) in [6.07, 6.45) is 0. The fraction of sp³-hybridized carbons (Fsp3) is 0.143. The molecule has 2 rings (SSSR count). The SMILES string of the molecule is Cc1ccc(OCc2ccc(F)c(Cl)c2)cc1F. The van der Waals surface area contributed by atoms with E-state index >= 15 is 0 Å². The molecule has 0 fully saturated rings. The lowest BCUT2D eigenvalue weighted by Crippen LogP contribution is -1.96. The second-order valence-corrected chi connectivity index (χ2v) is 4.36. The van der Waals surface area contributed by atoms with E-state index in [1.807, 2.05) is 0 Å². The van der Waals surface area contributed by atoms with Gasteiger partial charge in [0.05, 0.1) is 5.02 Å². The van der Waals surface area contributed by atoms with E-state index in [9.17, 15) is 8.78 Å². The summed E-state index contributed by atoms with van der Waals surface area (Å²) < 4.78 is 31.6. The van der Waals surface area contributed by atoms with E-state index in [1.165, 1.54) is 18.2 Å². The van der Waals surface area contributed by atoms with Gasteiger partial charge in [0.25, 0.3) is 0 Å². The van der Waals surface area contributed by atoms with Crippen LogP contribution in [0.4, 0.5) is 8.78 Å². The molecule has 0 bridgehead atoms. The largest absolute Gasteiger partial charge is 0.489 e. The molecule has 0 saturated carbocycles. The number of aryl methyl sites for hydroxylation is 1. The molecular formula is C14H11ClF2O. The van der Waals surface area contributed by atoms with Crippen molar-refractivity contribution >= 4 is 11.6 Å². The molecule has 0 unspecified atom stereocenters. The van der Waals surface area contributed by atoms with E-state index in [0.717, 1.165) is 5.56 Å². The Hall–Kier alpha value is -1.61. The van der Waals surface area contributed by atoms with Gasteiger partial charge >= 0.3 is 0 Å². The number of benzene rings is 2. The highest BCUT2D eigenvalue weighted by atomic mass is 35.5. The summed E-state index contributed by atoms with van der Waals surface area (Å²) in [6, 6.07) is 8.98. The maximum absolute atomic E-state index is 13.3. The van der Waals surface area contributed by atoms with E-state index < -0.39 is 5.82 Å². The Morgan fingerprint density at radius 2 is 1.83 bits per heavy atom. The summed E-state index contributed by atoms with van der Waals surface area (Å²) >= 11 is 5.65. The molecule has 0 aliphatic rings. The number of rotatable bonds is 3. The highest BCUT2D eigenvalue weighted by Crippen LogP contribution is 2.19. The molecule has 0 aliphatic carbocycles. The van der Waals surface area contributed by atoms with Gasteiger partial charge in [-0.3, -0.25) is 0 Å². The fourth-order valence-electron chi connectivity index (χ4n) is 1.46. The third-order valence-electron chi connectivity index (χ3n) is 2.53. The molecule has 0 aromatic heterocycles. The molecule has 0 spiro atoms. The average molecular weight is 269 g/mol. The molecule has 0 saturated heterocycles. The Bertz CT molecular complexity index is 518. The topological polar surface area (TPSA) is 9.23 Å². The van der Waals surface area contributed by atoms with E-state index in [2.05, 4.69) is 0 Å². The quantitative estimate of drug-likeness (QED) is 0.796. The second kappa shape index (κ2) is 5.36. The molecule has 2 aromatic rings. The van der Waals surface area contributed by atoms with Gasteiger partial charge in [-0.1, -0.05) is 23.7 Å². The first kappa shape index (κ1) is 12.8. The van der Waals surface area contributed by atoms with Crippen LogP contribution in [0.3, 0.4) is 0 Å². The van der Waals surface area contributed by atoms with Crippen molar-refractivity contribution in [2.45, 2.75) is 13.5 Å². The first-order valence-corrected chi connectivity index (χ1v) is 5.77. The van der Waals surface area contributed by atoms with Crippen molar-refractivity contribution in [3.05, 3.63) is 64.2 Å². The third kappa shape index (κ3) is 2.99. The lowest BCUT2D eigenvalue weighted by atomic mass is 10.2. The Balaban J connectivity index is 2.06. The van der Waals surface area contributed by atoms with Crippen LogP contribution in [0.25, 0.3) is 0 Å². The van der Waals surface area contributed by atoms with Crippen molar-refractivity contribution in [2.24, 2.45) is 0 Å². The number of halogens is 3. The average Bonchev–Trinajstić information content (AvgIpc) is 2.35. The highest BCUT2D eigenvalue weighted by molar-refractivity contribution is 6.30. The minimum Gasteiger partial charge on any atom is -0.489 e. The predicted molar refractivity (Wildman–Crippen MR) is 66.9 cm³/mol. The van der Waals surface area contributed by atoms with Gasteiger partial charge in [0.2, 0.25) is 0 Å². The van der Waals surface area contributed by atoms with Crippen LogP contribution in [0, 0.1) is 18.6 Å². The molecule has 0 amide bonds.